The number of H-pyrrole nitrogens is 1. The lowest BCUT2D eigenvalue weighted by Gasteiger charge is -2.13. The molecule has 0 radical (unpaired) electrons. The topological polar surface area (TPSA) is 124 Å². The van der Waals surface area contributed by atoms with Gasteiger partial charge in [0.25, 0.3) is 5.56 Å². The van der Waals surface area contributed by atoms with Crippen LogP contribution in [0.2, 0.25) is 0 Å². The highest BCUT2D eigenvalue weighted by Crippen LogP contribution is 2.42. The van der Waals surface area contributed by atoms with Gasteiger partial charge in [-0.1, -0.05) is 5.11 Å². The number of nitrogens with one attached hydrogen (secondary N) is 1. The zero-order valence-electron chi connectivity index (χ0n) is 10.2. The summed E-state index contributed by atoms with van der Waals surface area (Å²) in [4.78, 5) is 28.1. The first kappa shape index (κ1) is 13.7. The largest absolute Gasteiger partial charge is 0.395 e. The Hall–Kier alpha value is -1.70. The number of aryl methyl sites for hydroxylation is 1. The molecule has 2 rings (SSSR count). The number of rotatable bonds is 3. The fourth-order valence-electron chi connectivity index (χ4n) is 2.04. The molecular formula is C10H13N5O3S. The minimum atomic E-state index is -0.494. The van der Waals surface area contributed by atoms with E-state index in [1.54, 1.807) is 6.92 Å². The van der Waals surface area contributed by atoms with E-state index in [0.29, 0.717) is 12.0 Å². The standard InChI is InChI=1S/C10H13N5O3S/c1-5-3-15(10(18)12-9(5)17)8-2-6(13-14-11)7(4-16)19-8/h3,6-8,16H,2,4H2,1H3,(H,12,17,18)/t6-,7+,8+/m0/s1. The second-order valence-electron chi connectivity index (χ2n) is 4.30. The van der Waals surface area contributed by atoms with Crippen molar-refractivity contribution in [2.45, 2.75) is 30.0 Å². The van der Waals surface area contributed by atoms with Crippen LogP contribution in [-0.4, -0.2) is 32.6 Å². The molecule has 0 aromatic carbocycles. The summed E-state index contributed by atoms with van der Waals surface area (Å²) in [5.41, 5.74) is 8.02. The van der Waals surface area contributed by atoms with Crippen molar-refractivity contribution in [3.05, 3.63) is 43.0 Å². The van der Waals surface area contributed by atoms with E-state index in [1.165, 1.54) is 22.5 Å². The molecule has 2 N–H and O–H groups in total. The minimum Gasteiger partial charge on any atom is -0.395 e. The molecule has 1 aliphatic heterocycles. The van der Waals surface area contributed by atoms with Gasteiger partial charge in [0.05, 0.1) is 18.0 Å². The van der Waals surface area contributed by atoms with Crippen molar-refractivity contribution < 1.29 is 5.11 Å². The Morgan fingerprint density at radius 1 is 1.68 bits per heavy atom. The zero-order chi connectivity index (χ0) is 14.0. The molecule has 1 fully saturated rings. The summed E-state index contributed by atoms with van der Waals surface area (Å²) in [7, 11) is 0. The van der Waals surface area contributed by atoms with Crippen molar-refractivity contribution in [3.63, 3.8) is 0 Å². The SMILES string of the molecule is Cc1cn([C@H]2C[C@H](N=[N+]=[N-])[C@@H](CO)S2)c(=O)[nH]c1=O. The molecular weight excluding hydrogens is 270 g/mol. The Morgan fingerprint density at radius 2 is 2.42 bits per heavy atom. The Bertz CT molecular complexity index is 633. The molecule has 0 unspecified atom stereocenters. The molecule has 9 heteroatoms. The Labute approximate surface area is 112 Å². The van der Waals surface area contributed by atoms with Crippen LogP contribution in [0.3, 0.4) is 0 Å². The number of hydrogen-bond donors (Lipinski definition) is 2. The Morgan fingerprint density at radius 3 is 3.05 bits per heavy atom. The number of aromatic nitrogens is 2. The third kappa shape index (κ3) is 2.67. The molecule has 0 bridgehead atoms. The van der Waals surface area contributed by atoms with Crippen LogP contribution >= 0.6 is 11.8 Å². The van der Waals surface area contributed by atoms with Gasteiger partial charge in [-0.15, -0.1) is 11.8 Å². The van der Waals surface area contributed by atoms with Crippen LogP contribution in [-0.2, 0) is 0 Å². The molecule has 0 aliphatic carbocycles. The Kier molecular flexibility index (Phi) is 3.98. The van der Waals surface area contributed by atoms with Gasteiger partial charge in [-0.3, -0.25) is 14.3 Å². The number of hydrogen-bond acceptors (Lipinski definition) is 5. The van der Waals surface area contributed by atoms with Gasteiger partial charge in [0, 0.05) is 21.9 Å². The second kappa shape index (κ2) is 5.52. The van der Waals surface area contributed by atoms with Crippen LogP contribution in [0.25, 0.3) is 10.4 Å². The van der Waals surface area contributed by atoms with Crippen LogP contribution in [0, 0.1) is 6.92 Å². The van der Waals surface area contributed by atoms with E-state index in [4.69, 9.17) is 5.53 Å². The third-order valence-electron chi connectivity index (χ3n) is 3.04. The predicted molar refractivity (Wildman–Crippen MR) is 71.1 cm³/mol. The summed E-state index contributed by atoms with van der Waals surface area (Å²) in [5.74, 6) is 0. The number of aliphatic hydroxyl groups is 1. The van der Waals surface area contributed by atoms with Crippen molar-refractivity contribution in [3.8, 4) is 0 Å². The van der Waals surface area contributed by atoms with Gasteiger partial charge in [-0.2, -0.15) is 0 Å². The summed E-state index contributed by atoms with van der Waals surface area (Å²) in [5, 5.41) is 12.4. The van der Waals surface area contributed by atoms with Crippen LogP contribution < -0.4 is 11.2 Å². The fourth-order valence-corrected chi connectivity index (χ4v) is 3.47. The maximum absolute atomic E-state index is 11.8. The molecule has 102 valence electrons. The predicted octanol–water partition coefficient (Wildman–Crippen LogP) is 0.520. The lowest BCUT2D eigenvalue weighted by molar-refractivity contribution is 0.283. The lowest BCUT2D eigenvalue weighted by Crippen LogP contribution is -2.32. The van der Waals surface area contributed by atoms with Gasteiger partial charge < -0.3 is 5.11 Å². The lowest BCUT2D eigenvalue weighted by atomic mass is 10.1. The van der Waals surface area contributed by atoms with Crippen molar-refractivity contribution in [2.24, 2.45) is 5.11 Å². The summed E-state index contributed by atoms with van der Waals surface area (Å²) >= 11 is 1.37. The van der Waals surface area contributed by atoms with E-state index >= 15 is 0 Å². The number of thioether (sulfide) groups is 1. The van der Waals surface area contributed by atoms with E-state index in [9.17, 15) is 14.7 Å². The molecule has 3 atom stereocenters. The molecule has 1 aliphatic rings. The normalized spacial score (nSPS) is 26.1. The van der Waals surface area contributed by atoms with Gasteiger partial charge in [-0.05, 0) is 18.9 Å². The van der Waals surface area contributed by atoms with Gasteiger partial charge in [0.2, 0.25) is 0 Å². The Balaban J connectivity index is 2.34. The summed E-state index contributed by atoms with van der Waals surface area (Å²) in [6, 6.07) is -0.357. The van der Waals surface area contributed by atoms with E-state index in [1.807, 2.05) is 0 Å². The van der Waals surface area contributed by atoms with Crippen molar-refractivity contribution in [2.75, 3.05) is 6.61 Å². The molecule has 0 saturated carbocycles. The molecule has 8 nitrogen and oxygen atoms in total. The van der Waals surface area contributed by atoms with Crippen molar-refractivity contribution in [1.29, 1.82) is 0 Å². The highest BCUT2D eigenvalue weighted by Gasteiger charge is 2.35. The van der Waals surface area contributed by atoms with Gasteiger partial charge in [0.15, 0.2) is 0 Å². The van der Waals surface area contributed by atoms with Crippen molar-refractivity contribution >= 4 is 11.8 Å². The van der Waals surface area contributed by atoms with Crippen LogP contribution in [0.15, 0.2) is 20.9 Å². The quantitative estimate of drug-likeness (QED) is 0.476. The molecule has 1 aromatic rings. The summed E-state index contributed by atoms with van der Waals surface area (Å²) in [6.07, 6.45) is 1.94. The summed E-state index contributed by atoms with van der Waals surface area (Å²) < 4.78 is 1.41. The zero-order valence-corrected chi connectivity index (χ0v) is 11.0. The second-order valence-corrected chi connectivity index (χ2v) is 5.72. The monoisotopic (exact) mass is 283 g/mol. The third-order valence-corrected chi connectivity index (χ3v) is 4.59. The molecule has 0 amide bonds. The average molecular weight is 283 g/mol. The molecule has 2 heterocycles. The number of nitrogens with zero attached hydrogens (tertiary/aromatic N) is 4. The molecule has 19 heavy (non-hydrogen) atoms. The van der Waals surface area contributed by atoms with Crippen LogP contribution in [0.1, 0.15) is 17.4 Å². The average Bonchev–Trinajstić information content (AvgIpc) is 2.77. The van der Waals surface area contributed by atoms with Gasteiger partial charge in [0.1, 0.15) is 0 Å². The van der Waals surface area contributed by atoms with Crippen LogP contribution in [0.4, 0.5) is 0 Å². The van der Waals surface area contributed by atoms with E-state index in [0.717, 1.165) is 0 Å². The molecule has 1 saturated heterocycles. The van der Waals surface area contributed by atoms with E-state index < -0.39 is 11.2 Å². The number of aliphatic hydroxyl groups excluding tert-OH is 1. The minimum absolute atomic E-state index is 0.123. The van der Waals surface area contributed by atoms with Crippen LogP contribution in [0.5, 0.6) is 0 Å². The van der Waals surface area contributed by atoms with Gasteiger partial charge >= 0.3 is 5.69 Å². The highest BCUT2D eigenvalue weighted by atomic mass is 32.2. The fraction of sp³-hybridized carbons (Fsp3) is 0.600. The maximum atomic E-state index is 11.8. The first-order valence-corrected chi connectivity index (χ1v) is 6.63. The first-order chi connectivity index (χ1) is 9.06. The molecule has 0 spiro atoms. The van der Waals surface area contributed by atoms with Crippen molar-refractivity contribution in [1.82, 2.24) is 9.55 Å². The number of aromatic amines is 1. The van der Waals surface area contributed by atoms with Gasteiger partial charge in [-0.25, -0.2) is 4.79 Å². The van der Waals surface area contributed by atoms with E-state index in [-0.39, 0.29) is 23.3 Å². The smallest absolute Gasteiger partial charge is 0.329 e. The van der Waals surface area contributed by atoms with E-state index in [2.05, 4.69) is 15.0 Å². The highest BCUT2D eigenvalue weighted by molar-refractivity contribution is 8.00. The first-order valence-electron chi connectivity index (χ1n) is 5.69. The summed E-state index contributed by atoms with van der Waals surface area (Å²) in [6.45, 7) is 1.49. The number of azide groups is 1. The molecule has 1 aromatic heterocycles. The maximum Gasteiger partial charge on any atom is 0.329 e.